The number of benzene rings is 3. The molecule has 4 heteroatoms. The zero-order valence-corrected chi connectivity index (χ0v) is 12.2. The van der Waals surface area contributed by atoms with Gasteiger partial charge in [0.15, 0.2) is 0 Å². The van der Waals surface area contributed by atoms with Crippen LogP contribution in [-0.4, -0.2) is 9.97 Å². The van der Waals surface area contributed by atoms with Crippen molar-refractivity contribution in [2.75, 3.05) is 0 Å². The Morgan fingerprint density at radius 2 is 1.57 bits per heavy atom. The average Bonchev–Trinajstić information content (AvgIpc) is 2.99. The number of H-pyrrole nitrogens is 1. The Labute approximate surface area is 132 Å². The minimum absolute atomic E-state index is 0.278. The van der Waals surface area contributed by atoms with Gasteiger partial charge in [-0.1, -0.05) is 18.2 Å². The van der Waals surface area contributed by atoms with Crippen molar-refractivity contribution in [3.63, 3.8) is 0 Å². The van der Waals surface area contributed by atoms with Gasteiger partial charge in [-0.05, 0) is 54.6 Å². The first-order chi connectivity index (χ1) is 11.3. The van der Waals surface area contributed by atoms with Gasteiger partial charge in [-0.25, -0.2) is 9.37 Å². The number of hydrogen-bond acceptors (Lipinski definition) is 2. The van der Waals surface area contributed by atoms with E-state index in [1.807, 2.05) is 54.6 Å². The fraction of sp³-hybridized carbons (Fsp3) is 0. The molecular formula is C19H13FN2O. The van der Waals surface area contributed by atoms with Gasteiger partial charge in [-0.2, -0.15) is 0 Å². The van der Waals surface area contributed by atoms with E-state index in [1.165, 1.54) is 12.1 Å². The molecule has 0 amide bonds. The Morgan fingerprint density at radius 1 is 0.826 bits per heavy atom. The maximum atomic E-state index is 13.2. The lowest BCUT2D eigenvalue weighted by atomic mass is 10.2. The summed E-state index contributed by atoms with van der Waals surface area (Å²) in [5.41, 5.74) is 2.35. The highest BCUT2D eigenvalue weighted by molar-refractivity contribution is 5.79. The van der Waals surface area contributed by atoms with E-state index in [0.717, 1.165) is 22.6 Å². The fourth-order valence-corrected chi connectivity index (χ4v) is 2.42. The topological polar surface area (TPSA) is 37.9 Å². The summed E-state index contributed by atoms with van der Waals surface area (Å²) in [6.07, 6.45) is 0. The predicted molar refractivity (Wildman–Crippen MR) is 88.0 cm³/mol. The molecule has 0 saturated heterocycles. The van der Waals surface area contributed by atoms with Gasteiger partial charge in [0.2, 0.25) is 0 Å². The first kappa shape index (κ1) is 13.5. The van der Waals surface area contributed by atoms with Gasteiger partial charge in [0.05, 0.1) is 11.0 Å². The number of aromatic amines is 1. The van der Waals surface area contributed by atoms with E-state index in [4.69, 9.17) is 4.74 Å². The third kappa shape index (κ3) is 2.79. The van der Waals surface area contributed by atoms with Gasteiger partial charge in [0.25, 0.3) is 0 Å². The van der Waals surface area contributed by atoms with Crippen molar-refractivity contribution in [2.45, 2.75) is 0 Å². The monoisotopic (exact) mass is 304 g/mol. The maximum absolute atomic E-state index is 13.2. The molecule has 1 aromatic heterocycles. The van der Waals surface area contributed by atoms with Crippen LogP contribution in [0, 0.1) is 5.82 Å². The summed E-state index contributed by atoms with van der Waals surface area (Å²) in [6.45, 7) is 0. The zero-order valence-electron chi connectivity index (χ0n) is 12.2. The van der Waals surface area contributed by atoms with Crippen molar-refractivity contribution in [1.82, 2.24) is 9.97 Å². The second-order valence-electron chi connectivity index (χ2n) is 5.19. The van der Waals surface area contributed by atoms with Crippen LogP contribution in [0.15, 0.2) is 72.8 Å². The third-order valence-electron chi connectivity index (χ3n) is 3.55. The van der Waals surface area contributed by atoms with Crippen LogP contribution in [0.2, 0.25) is 0 Å². The van der Waals surface area contributed by atoms with Crippen LogP contribution >= 0.6 is 0 Å². The molecule has 0 aliphatic rings. The molecule has 0 radical (unpaired) electrons. The van der Waals surface area contributed by atoms with E-state index in [1.54, 1.807) is 6.07 Å². The molecule has 0 saturated carbocycles. The highest BCUT2D eigenvalue weighted by atomic mass is 19.1. The maximum Gasteiger partial charge on any atom is 0.138 e. The Balaban J connectivity index is 1.61. The molecular weight excluding hydrogens is 291 g/mol. The lowest BCUT2D eigenvalue weighted by Crippen LogP contribution is -1.84. The van der Waals surface area contributed by atoms with Gasteiger partial charge < -0.3 is 9.72 Å². The molecule has 3 nitrogen and oxygen atoms in total. The van der Waals surface area contributed by atoms with Crippen LogP contribution in [-0.2, 0) is 0 Å². The number of nitrogens with one attached hydrogen (secondary N) is 1. The summed E-state index contributed by atoms with van der Waals surface area (Å²) >= 11 is 0. The fourth-order valence-electron chi connectivity index (χ4n) is 2.42. The Bertz CT molecular complexity index is 946. The second-order valence-corrected chi connectivity index (χ2v) is 5.19. The lowest BCUT2D eigenvalue weighted by molar-refractivity contribution is 0.483. The summed E-state index contributed by atoms with van der Waals surface area (Å²) in [6, 6.07) is 21.7. The summed E-state index contributed by atoms with van der Waals surface area (Å²) in [7, 11) is 0. The number of imidazole rings is 1. The Morgan fingerprint density at radius 3 is 2.35 bits per heavy atom. The van der Waals surface area contributed by atoms with Crippen molar-refractivity contribution in [1.29, 1.82) is 0 Å². The van der Waals surface area contributed by atoms with E-state index < -0.39 is 0 Å². The van der Waals surface area contributed by atoms with E-state index in [0.29, 0.717) is 11.3 Å². The summed E-state index contributed by atoms with van der Waals surface area (Å²) in [5, 5.41) is 0. The summed E-state index contributed by atoms with van der Waals surface area (Å²) in [4.78, 5) is 7.60. The molecule has 23 heavy (non-hydrogen) atoms. The smallest absolute Gasteiger partial charge is 0.138 e. The molecule has 4 aromatic rings. The molecule has 0 aliphatic carbocycles. The molecule has 3 aromatic carbocycles. The highest BCUT2D eigenvalue weighted by Gasteiger charge is 2.06. The van der Waals surface area contributed by atoms with Gasteiger partial charge in [-0.3, -0.25) is 0 Å². The molecule has 1 heterocycles. The van der Waals surface area contributed by atoms with E-state index in [2.05, 4.69) is 9.97 Å². The van der Waals surface area contributed by atoms with E-state index in [-0.39, 0.29) is 5.82 Å². The summed E-state index contributed by atoms with van der Waals surface area (Å²) < 4.78 is 19.0. The summed E-state index contributed by atoms with van der Waals surface area (Å²) in [5.74, 6) is 1.97. The number of ether oxygens (including phenoxy) is 1. The van der Waals surface area contributed by atoms with Gasteiger partial charge in [0, 0.05) is 5.56 Å². The van der Waals surface area contributed by atoms with Crippen LogP contribution in [0.1, 0.15) is 0 Å². The van der Waals surface area contributed by atoms with Gasteiger partial charge in [0.1, 0.15) is 23.1 Å². The second kappa shape index (κ2) is 5.57. The van der Waals surface area contributed by atoms with Crippen molar-refractivity contribution in [2.24, 2.45) is 0 Å². The van der Waals surface area contributed by atoms with Crippen LogP contribution < -0.4 is 4.74 Å². The molecule has 1 N–H and O–H groups in total. The molecule has 0 aliphatic heterocycles. The number of rotatable bonds is 3. The molecule has 0 bridgehead atoms. The normalized spacial score (nSPS) is 10.8. The molecule has 4 rings (SSSR count). The highest BCUT2D eigenvalue weighted by Crippen LogP contribution is 2.26. The molecule has 0 spiro atoms. The predicted octanol–water partition coefficient (Wildman–Crippen LogP) is 5.16. The van der Waals surface area contributed by atoms with Crippen molar-refractivity contribution in [3.05, 3.63) is 78.6 Å². The molecule has 0 fully saturated rings. The molecule has 112 valence electrons. The SMILES string of the molecule is Fc1ccc2nc(-c3ccc(Oc4ccccc4)cc3)[nH]c2c1. The van der Waals surface area contributed by atoms with Crippen LogP contribution in [0.4, 0.5) is 4.39 Å². The van der Waals surface area contributed by atoms with Crippen molar-refractivity contribution < 1.29 is 9.13 Å². The van der Waals surface area contributed by atoms with E-state index in [9.17, 15) is 4.39 Å². The number of aromatic nitrogens is 2. The van der Waals surface area contributed by atoms with Crippen molar-refractivity contribution in [3.8, 4) is 22.9 Å². The van der Waals surface area contributed by atoms with Crippen molar-refractivity contribution >= 4 is 11.0 Å². The Kier molecular flexibility index (Phi) is 3.27. The Hall–Kier alpha value is -3.14. The standard InChI is InChI=1S/C19H13FN2O/c20-14-8-11-17-18(12-14)22-19(21-17)13-6-9-16(10-7-13)23-15-4-2-1-3-5-15/h1-12H,(H,21,22). The molecule has 0 atom stereocenters. The first-order valence-corrected chi connectivity index (χ1v) is 7.26. The first-order valence-electron chi connectivity index (χ1n) is 7.26. The minimum atomic E-state index is -0.278. The quantitative estimate of drug-likeness (QED) is 0.567. The van der Waals surface area contributed by atoms with Crippen LogP contribution in [0.25, 0.3) is 22.4 Å². The number of para-hydroxylation sites is 1. The number of fused-ring (bicyclic) bond motifs is 1. The van der Waals surface area contributed by atoms with Gasteiger partial charge in [-0.15, -0.1) is 0 Å². The van der Waals surface area contributed by atoms with E-state index >= 15 is 0 Å². The number of hydrogen-bond donors (Lipinski definition) is 1. The lowest BCUT2D eigenvalue weighted by Gasteiger charge is -2.05. The number of nitrogens with zero attached hydrogens (tertiary/aromatic N) is 1. The molecule has 0 unspecified atom stereocenters. The minimum Gasteiger partial charge on any atom is -0.457 e. The zero-order chi connectivity index (χ0) is 15.6. The third-order valence-corrected chi connectivity index (χ3v) is 3.55. The van der Waals surface area contributed by atoms with Crippen LogP contribution in [0.3, 0.4) is 0 Å². The van der Waals surface area contributed by atoms with Gasteiger partial charge >= 0.3 is 0 Å². The van der Waals surface area contributed by atoms with Crippen LogP contribution in [0.5, 0.6) is 11.5 Å². The number of halogens is 1. The largest absolute Gasteiger partial charge is 0.457 e. The average molecular weight is 304 g/mol.